The first-order valence-electron chi connectivity index (χ1n) is 3.24. The number of nitrogens with zero attached hydrogens (tertiary/aromatic N) is 2. The first-order chi connectivity index (χ1) is 5.72. The van der Waals surface area contributed by atoms with Crippen molar-refractivity contribution in [1.29, 1.82) is 5.39 Å². The highest BCUT2D eigenvalue weighted by molar-refractivity contribution is 7.78. The molecular weight excluding hydrogens is 176 g/mol. The predicted molar refractivity (Wildman–Crippen MR) is 45.7 cm³/mol. The SMILES string of the molecule is N#[N+]c1ccc(CS(=O)O)cc1. The smallest absolute Gasteiger partial charge is 0.306 e. The average molecular weight is 183 g/mol. The Morgan fingerprint density at radius 1 is 1.42 bits per heavy atom. The van der Waals surface area contributed by atoms with Crippen LogP contribution >= 0.6 is 0 Å². The maximum Gasteiger partial charge on any atom is 0.385 e. The third-order valence-electron chi connectivity index (χ3n) is 1.34. The van der Waals surface area contributed by atoms with Crippen LogP contribution in [0.25, 0.3) is 4.98 Å². The maximum absolute atomic E-state index is 10.4. The first kappa shape index (κ1) is 8.84. The summed E-state index contributed by atoms with van der Waals surface area (Å²) in [5.41, 5.74) is 1.17. The second-order valence-electron chi connectivity index (χ2n) is 2.23. The van der Waals surface area contributed by atoms with E-state index in [1.54, 1.807) is 24.3 Å². The molecule has 0 aliphatic heterocycles. The molecule has 1 aromatic rings. The van der Waals surface area contributed by atoms with Crippen LogP contribution in [0.5, 0.6) is 0 Å². The van der Waals surface area contributed by atoms with Crippen molar-refractivity contribution < 1.29 is 8.76 Å². The fourth-order valence-corrected chi connectivity index (χ4v) is 1.28. The van der Waals surface area contributed by atoms with Crippen LogP contribution in [0, 0.1) is 5.39 Å². The van der Waals surface area contributed by atoms with Crippen molar-refractivity contribution in [2.75, 3.05) is 0 Å². The largest absolute Gasteiger partial charge is 0.385 e. The summed E-state index contributed by atoms with van der Waals surface area (Å²) in [5.74, 6) is 0.103. The zero-order valence-electron chi connectivity index (χ0n) is 6.17. The second kappa shape index (κ2) is 3.95. The molecule has 1 atom stereocenters. The summed E-state index contributed by atoms with van der Waals surface area (Å²) in [6, 6.07) is 6.43. The molecule has 1 aromatic carbocycles. The summed E-state index contributed by atoms with van der Waals surface area (Å²) in [4.78, 5) is 2.95. The van der Waals surface area contributed by atoms with Crippen molar-refractivity contribution in [3.8, 4) is 0 Å². The van der Waals surface area contributed by atoms with Crippen molar-refractivity contribution in [3.05, 3.63) is 34.8 Å². The maximum atomic E-state index is 10.4. The quantitative estimate of drug-likeness (QED) is 0.562. The molecule has 1 N–H and O–H groups in total. The van der Waals surface area contributed by atoms with Crippen LogP contribution in [0.2, 0.25) is 0 Å². The van der Waals surface area contributed by atoms with E-state index in [-0.39, 0.29) is 5.75 Å². The lowest BCUT2D eigenvalue weighted by Crippen LogP contribution is -1.91. The molecular formula is C7H7N2O2S+. The van der Waals surface area contributed by atoms with Crippen LogP contribution in [-0.2, 0) is 16.8 Å². The molecule has 0 aliphatic carbocycles. The summed E-state index contributed by atoms with van der Waals surface area (Å²) in [7, 11) is 0. The van der Waals surface area contributed by atoms with Gasteiger partial charge in [-0.25, -0.2) is 4.21 Å². The molecule has 0 saturated heterocycles. The summed E-state index contributed by atoms with van der Waals surface area (Å²) in [6.07, 6.45) is 0. The van der Waals surface area contributed by atoms with Gasteiger partial charge in [0.15, 0.2) is 16.1 Å². The summed E-state index contributed by atoms with van der Waals surface area (Å²) < 4.78 is 18.9. The minimum absolute atomic E-state index is 0.103. The van der Waals surface area contributed by atoms with E-state index in [0.717, 1.165) is 5.56 Å². The van der Waals surface area contributed by atoms with Crippen LogP contribution in [-0.4, -0.2) is 8.76 Å². The molecule has 0 aliphatic rings. The first-order valence-corrected chi connectivity index (χ1v) is 4.51. The zero-order chi connectivity index (χ0) is 8.97. The van der Waals surface area contributed by atoms with Crippen molar-refractivity contribution in [1.82, 2.24) is 0 Å². The summed E-state index contributed by atoms with van der Waals surface area (Å²) >= 11 is -1.82. The van der Waals surface area contributed by atoms with Gasteiger partial charge in [0, 0.05) is 12.1 Å². The number of rotatable bonds is 2. The van der Waals surface area contributed by atoms with Gasteiger partial charge >= 0.3 is 5.69 Å². The Hall–Kier alpha value is -1.25. The molecule has 0 fully saturated rings. The number of diazo groups is 1. The molecule has 0 heterocycles. The van der Waals surface area contributed by atoms with Crippen molar-refractivity contribution in [3.63, 3.8) is 0 Å². The van der Waals surface area contributed by atoms with Crippen molar-refractivity contribution in [2.24, 2.45) is 0 Å². The average Bonchev–Trinajstić information content (AvgIpc) is 2.05. The fraction of sp³-hybridized carbons (Fsp3) is 0.143. The summed E-state index contributed by atoms with van der Waals surface area (Å²) in [6.45, 7) is 0. The van der Waals surface area contributed by atoms with E-state index in [9.17, 15) is 4.21 Å². The predicted octanol–water partition coefficient (Wildman–Crippen LogP) is 1.89. The van der Waals surface area contributed by atoms with Gasteiger partial charge in [-0.15, -0.1) is 0 Å². The van der Waals surface area contributed by atoms with Gasteiger partial charge in [0.25, 0.3) is 0 Å². The second-order valence-corrected chi connectivity index (χ2v) is 3.16. The third kappa shape index (κ3) is 2.42. The van der Waals surface area contributed by atoms with Gasteiger partial charge in [-0.2, -0.15) is 0 Å². The van der Waals surface area contributed by atoms with Gasteiger partial charge in [0.2, 0.25) is 5.39 Å². The van der Waals surface area contributed by atoms with Gasteiger partial charge in [-0.1, -0.05) is 0 Å². The Morgan fingerprint density at radius 2 is 2.00 bits per heavy atom. The molecule has 0 amide bonds. The lowest BCUT2D eigenvalue weighted by Gasteiger charge is -1.92. The van der Waals surface area contributed by atoms with Crippen LogP contribution in [0.15, 0.2) is 24.3 Å². The molecule has 62 valence electrons. The van der Waals surface area contributed by atoms with Gasteiger partial charge in [-0.05, 0) is 17.7 Å². The Labute approximate surface area is 72.1 Å². The molecule has 0 aromatic heterocycles. The summed E-state index contributed by atoms with van der Waals surface area (Å²) in [5, 5.41) is 8.33. The normalized spacial score (nSPS) is 12.0. The molecule has 0 radical (unpaired) electrons. The zero-order valence-corrected chi connectivity index (χ0v) is 6.99. The van der Waals surface area contributed by atoms with Crippen LogP contribution in [0.4, 0.5) is 5.69 Å². The minimum atomic E-state index is -1.82. The van der Waals surface area contributed by atoms with Gasteiger partial charge < -0.3 is 4.55 Å². The highest BCUT2D eigenvalue weighted by Gasteiger charge is 2.03. The van der Waals surface area contributed by atoms with Gasteiger partial charge in [0.05, 0.1) is 5.75 Å². The van der Waals surface area contributed by atoms with E-state index < -0.39 is 11.1 Å². The highest BCUT2D eigenvalue weighted by atomic mass is 32.2. The fourth-order valence-electron chi connectivity index (χ4n) is 0.801. The molecule has 0 bridgehead atoms. The van der Waals surface area contributed by atoms with E-state index in [2.05, 4.69) is 4.98 Å². The van der Waals surface area contributed by atoms with Crippen LogP contribution < -0.4 is 0 Å². The molecule has 5 heteroatoms. The Bertz CT molecular complexity index is 328. The topological polar surface area (TPSA) is 65.5 Å². The van der Waals surface area contributed by atoms with E-state index >= 15 is 0 Å². The standard InChI is InChI=1S/C7H6N2O2S/c8-9-7-3-1-6(2-4-7)5-12(10)11/h1-4H,5H2/p+1. The number of benzene rings is 1. The molecule has 0 spiro atoms. The van der Waals surface area contributed by atoms with Gasteiger partial charge in [0.1, 0.15) is 0 Å². The van der Waals surface area contributed by atoms with Crippen LogP contribution in [0.3, 0.4) is 0 Å². The molecule has 4 nitrogen and oxygen atoms in total. The van der Waals surface area contributed by atoms with E-state index in [1.165, 1.54) is 0 Å². The van der Waals surface area contributed by atoms with Crippen molar-refractivity contribution in [2.45, 2.75) is 5.75 Å². The lowest BCUT2D eigenvalue weighted by atomic mass is 10.2. The number of hydrogen-bond acceptors (Lipinski definition) is 2. The van der Waals surface area contributed by atoms with E-state index in [0.29, 0.717) is 5.69 Å². The van der Waals surface area contributed by atoms with E-state index in [4.69, 9.17) is 9.95 Å². The Kier molecular flexibility index (Phi) is 2.91. The monoisotopic (exact) mass is 183 g/mol. The van der Waals surface area contributed by atoms with Crippen LogP contribution in [0.1, 0.15) is 5.56 Å². The third-order valence-corrected chi connectivity index (χ3v) is 1.92. The lowest BCUT2D eigenvalue weighted by molar-refractivity contribution is 0.563. The molecule has 12 heavy (non-hydrogen) atoms. The molecule has 1 unspecified atom stereocenters. The Morgan fingerprint density at radius 3 is 2.42 bits per heavy atom. The Balaban J connectivity index is 2.80. The minimum Gasteiger partial charge on any atom is -0.306 e. The van der Waals surface area contributed by atoms with Gasteiger partial charge in [-0.3, -0.25) is 0 Å². The van der Waals surface area contributed by atoms with Crippen molar-refractivity contribution >= 4 is 16.8 Å². The molecule has 1 rings (SSSR count). The van der Waals surface area contributed by atoms with E-state index in [1.807, 2.05) is 0 Å². The number of hydrogen-bond donors (Lipinski definition) is 1. The molecule has 0 saturated carbocycles. The highest BCUT2D eigenvalue weighted by Crippen LogP contribution is 2.13.